The summed E-state index contributed by atoms with van der Waals surface area (Å²) < 4.78 is 2.07. The van der Waals surface area contributed by atoms with Crippen molar-refractivity contribution in [3.63, 3.8) is 0 Å². The largest absolute Gasteiger partial charge is 0.338 e. The fraction of sp³-hybridized carbons (Fsp3) is 0.389. The molecule has 2 heterocycles. The van der Waals surface area contributed by atoms with Gasteiger partial charge in [-0.3, -0.25) is 10.1 Å². The van der Waals surface area contributed by atoms with Crippen LogP contribution in [0, 0.1) is 0 Å². The minimum absolute atomic E-state index is 0.0424. The molecule has 0 unspecified atom stereocenters. The molecule has 0 aliphatic rings. The molecule has 3 amide bonds. The van der Waals surface area contributed by atoms with Crippen LogP contribution in [-0.2, 0) is 11.3 Å². The Labute approximate surface area is 161 Å². The van der Waals surface area contributed by atoms with Crippen molar-refractivity contribution in [3.05, 3.63) is 24.3 Å². The second kappa shape index (κ2) is 8.81. The molecule has 2 aromatic heterocycles. The van der Waals surface area contributed by atoms with E-state index >= 15 is 0 Å². The molecule has 0 radical (unpaired) electrons. The number of thioether (sulfide) groups is 1. The Hall–Kier alpha value is -2.68. The molecule has 3 aromatic rings. The van der Waals surface area contributed by atoms with Crippen molar-refractivity contribution in [2.75, 3.05) is 12.3 Å². The van der Waals surface area contributed by atoms with Crippen LogP contribution in [0.3, 0.4) is 0 Å². The van der Waals surface area contributed by atoms with Gasteiger partial charge in [0.05, 0.1) is 11.3 Å². The molecule has 142 valence electrons. The Morgan fingerprint density at radius 3 is 2.78 bits per heavy atom. The molecule has 3 rings (SSSR count). The number of imide groups is 1. The SMILES string of the molecule is CCCCNC(=O)NC(=O)CSc1nnc2c3ccccc3n(CC)c2n1. The third kappa shape index (κ3) is 4.36. The number of para-hydroxylation sites is 1. The Bertz CT molecular complexity index is 971. The molecule has 8 nitrogen and oxygen atoms in total. The number of urea groups is 1. The van der Waals surface area contributed by atoms with Crippen molar-refractivity contribution in [2.24, 2.45) is 0 Å². The van der Waals surface area contributed by atoms with Gasteiger partial charge in [0, 0.05) is 18.5 Å². The van der Waals surface area contributed by atoms with Crippen molar-refractivity contribution in [1.82, 2.24) is 30.4 Å². The zero-order valence-electron chi connectivity index (χ0n) is 15.4. The van der Waals surface area contributed by atoms with E-state index in [1.165, 1.54) is 0 Å². The lowest BCUT2D eigenvalue weighted by atomic mass is 10.2. The van der Waals surface area contributed by atoms with Gasteiger partial charge in [-0.2, -0.15) is 0 Å². The van der Waals surface area contributed by atoms with Gasteiger partial charge < -0.3 is 9.88 Å². The Morgan fingerprint density at radius 1 is 1.19 bits per heavy atom. The van der Waals surface area contributed by atoms with Crippen LogP contribution < -0.4 is 10.6 Å². The molecule has 0 fully saturated rings. The van der Waals surface area contributed by atoms with Gasteiger partial charge >= 0.3 is 6.03 Å². The summed E-state index contributed by atoms with van der Waals surface area (Å²) in [5.41, 5.74) is 2.55. The number of aryl methyl sites for hydroxylation is 1. The average molecular weight is 386 g/mol. The predicted octanol–water partition coefficient (Wildman–Crippen LogP) is 2.72. The van der Waals surface area contributed by atoms with Crippen LogP contribution in [0.2, 0.25) is 0 Å². The molecular weight excluding hydrogens is 364 g/mol. The van der Waals surface area contributed by atoms with Crippen LogP contribution in [0.4, 0.5) is 4.79 Å². The van der Waals surface area contributed by atoms with Crippen LogP contribution in [0.15, 0.2) is 29.4 Å². The highest BCUT2D eigenvalue weighted by molar-refractivity contribution is 7.99. The van der Waals surface area contributed by atoms with E-state index < -0.39 is 11.9 Å². The lowest BCUT2D eigenvalue weighted by molar-refractivity contribution is -0.117. The first-order valence-electron chi connectivity index (χ1n) is 8.96. The topological polar surface area (TPSA) is 102 Å². The number of rotatable bonds is 7. The zero-order valence-corrected chi connectivity index (χ0v) is 16.2. The van der Waals surface area contributed by atoms with Gasteiger partial charge in [-0.05, 0) is 19.4 Å². The number of unbranched alkanes of at least 4 members (excludes halogenated alkanes) is 1. The summed E-state index contributed by atoms with van der Waals surface area (Å²) >= 11 is 1.15. The van der Waals surface area contributed by atoms with Gasteiger partial charge in [0.15, 0.2) is 5.65 Å². The second-order valence-corrected chi connectivity index (χ2v) is 6.92. The fourth-order valence-corrected chi connectivity index (χ4v) is 3.37. The Kier molecular flexibility index (Phi) is 6.23. The first-order chi connectivity index (χ1) is 13.1. The van der Waals surface area contributed by atoms with Crippen LogP contribution >= 0.6 is 11.8 Å². The number of benzene rings is 1. The number of carbonyl (C=O) groups is 2. The number of nitrogens with zero attached hydrogens (tertiary/aromatic N) is 4. The third-order valence-corrected chi connectivity index (χ3v) is 4.91. The summed E-state index contributed by atoms with van der Waals surface area (Å²) in [7, 11) is 0. The summed E-state index contributed by atoms with van der Waals surface area (Å²) in [6.45, 7) is 5.38. The van der Waals surface area contributed by atoms with Crippen LogP contribution in [0.5, 0.6) is 0 Å². The van der Waals surface area contributed by atoms with Gasteiger partial charge in [0.2, 0.25) is 11.1 Å². The average Bonchev–Trinajstić information content (AvgIpc) is 2.99. The number of aromatic nitrogens is 4. The van der Waals surface area contributed by atoms with Gasteiger partial charge in [-0.1, -0.05) is 43.3 Å². The Morgan fingerprint density at radius 2 is 2.00 bits per heavy atom. The smallest absolute Gasteiger partial charge is 0.321 e. The first-order valence-corrected chi connectivity index (χ1v) is 9.94. The van der Waals surface area contributed by atoms with Crippen LogP contribution in [0.25, 0.3) is 22.1 Å². The lowest BCUT2D eigenvalue weighted by Gasteiger charge is -2.05. The monoisotopic (exact) mass is 386 g/mol. The minimum Gasteiger partial charge on any atom is -0.338 e. The first kappa shape index (κ1) is 19.1. The minimum atomic E-state index is -0.477. The van der Waals surface area contributed by atoms with E-state index in [-0.39, 0.29) is 5.75 Å². The highest BCUT2D eigenvalue weighted by atomic mass is 32.2. The lowest BCUT2D eigenvalue weighted by Crippen LogP contribution is -2.40. The fourth-order valence-electron chi connectivity index (χ4n) is 2.79. The summed E-state index contributed by atoms with van der Waals surface area (Å²) in [5.74, 6) is -0.352. The highest BCUT2D eigenvalue weighted by Gasteiger charge is 2.15. The van der Waals surface area contributed by atoms with E-state index in [4.69, 9.17) is 0 Å². The Balaban J connectivity index is 1.68. The molecule has 1 aromatic carbocycles. The maximum absolute atomic E-state index is 11.9. The third-order valence-electron chi connectivity index (χ3n) is 4.07. The normalized spacial score (nSPS) is 11.0. The molecule has 9 heteroatoms. The maximum Gasteiger partial charge on any atom is 0.321 e. The van der Waals surface area contributed by atoms with E-state index in [0.717, 1.165) is 53.2 Å². The standard InChI is InChI=1S/C18H22N6O2S/c1-3-5-10-19-17(26)20-14(25)11-27-18-21-16-15(22-23-18)12-8-6-7-9-13(12)24(16)4-2/h6-9H,3-5,10-11H2,1-2H3,(H2,19,20,25,26). The van der Waals surface area contributed by atoms with Gasteiger partial charge in [-0.15, -0.1) is 10.2 Å². The molecule has 27 heavy (non-hydrogen) atoms. The van der Waals surface area contributed by atoms with Crippen molar-refractivity contribution < 1.29 is 9.59 Å². The molecular formula is C18H22N6O2S. The molecule has 0 atom stereocenters. The van der Waals surface area contributed by atoms with E-state index in [2.05, 4.69) is 30.4 Å². The summed E-state index contributed by atoms with van der Waals surface area (Å²) in [5, 5.41) is 14.8. The van der Waals surface area contributed by atoms with E-state index in [9.17, 15) is 9.59 Å². The highest BCUT2D eigenvalue weighted by Crippen LogP contribution is 2.26. The van der Waals surface area contributed by atoms with Crippen molar-refractivity contribution in [3.8, 4) is 0 Å². The van der Waals surface area contributed by atoms with Crippen molar-refractivity contribution >= 4 is 45.8 Å². The van der Waals surface area contributed by atoms with Crippen molar-refractivity contribution in [1.29, 1.82) is 0 Å². The second-order valence-electron chi connectivity index (χ2n) is 5.97. The maximum atomic E-state index is 11.9. The number of nitrogens with one attached hydrogen (secondary N) is 2. The van der Waals surface area contributed by atoms with Crippen LogP contribution in [0.1, 0.15) is 26.7 Å². The number of amides is 3. The number of carbonyl (C=O) groups excluding carboxylic acids is 2. The van der Waals surface area contributed by atoms with E-state index in [1.54, 1.807) is 0 Å². The van der Waals surface area contributed by atoms with E-state index in [0.29, 0.717) is 11.7 Å². The number of hydrogen-bond donors (Lipinski definition) is 2. The molecule has 0 spiro atoms. The van der Waals surface area contributed by atoms with Gasteiger partial charge in [0.1, 0.15) is 5.52 Å². The molecule has 0 bridgehead atoms. The molecule has 0 aliphatic carbocycles. The summed E-state index contributed by atoms with van der Waals surface area (Å²) in [6.07, 6.45) is 1.85. The molecule has 2 N–H and O–H groups in total. The zero-order chi connectivity index (χ0) is 19.2. The van der Waals surface area contributed by atoms with Gasteiger partial charge in [-0.25, -0.2) is 9.78 Å². The van der Waals surface area contributed by atoms with Crippen LogP contribution in [-0.4, -0.2) is 44.0 Å². The number of hydrogen-bond acceptors (Lipinski definition) is 6. The predicted molar refractivity (Wildman–Crippen MR) is 106 cm³/mol. The molecule has 0 saturated heterocycles. The molecule has 0 aliphatic heterocycles. The number of fused-ring (bicyclic) bond motifs is 3. The van der Waals surface area contributed by atoms with Gasteiger partial charge in [0.25, 0.3) is 0 Å². The molecule has 0 saturated carbocycles. The summed E-state index contributed by atoms with van der Waals surface area (Å²) in [6, 6.07) is 7.49. The van der Waals surface area contributed by atoms with E-state index in [1.807, 2.05) is 38.1 Å². The summed E-state index contributed by atoms with van der Waals surface area (Å²) in [4.78, 5) is 28.1. The quantitative estimate of drug-likeness (QED) is 0.478. The van der Waals surface area contributed by atoms with Crippen molar-refractivity contribution in [2.45, 2.75) is 38.4 Å².